The first kappa shape index (κ1) is 44.3. The molecule has 9 nitrogen and oxygen atoms in total. The van der Waals surface area contributed by atoms with Crippen LogP contribution in [0.1, 0.15) is 133 Å². The molecular formula is C30H62O9. The van der Waals surface area contributed by atoms with Crippen molar-refractivity contribution in [3.8, 4) is 0 Å². The van der Waals surface area contributed by atoms with Crippen LogP contribution >= 0.6 is 0 Å². The molecule has 0 rings (SSSR count). The molecule has 0 aromatic carbocycles. The Morgan fingerprint density at radius 3 is 0.744 bits per heavy atom. The summed E-state index contributed by atoms with van der Waals surface area (Å²) in [5, 5.41) is 51.1. The van der Waals surface area contributed by atoms with E-state index in [0.29, 0.717) is 25.7 Å². The van der Waals surface area contributed by atoms with Crippen LogP contribution in [0.15, 0.2) is 0 Å². The van der Waals surface area contributed by atoms with Crippen molar-refractivity contribution in [2.24, 2.45) is 21.7 Å². The first-order chi connectivity index (χ1) is 17.7. The lowest BCUT2D eigenvalue weighted by Gasteiger charge is -2.24. The fraction of sp³-hybridized carbons (Fsp3) is 0.900. The molecule has 0 aliphatic carbocycles. The van der Waals surface area contributed by atoms with Crippen molar-refractivity contribution in [3.05, 3.63) is 0 Å². The zero-order valence-corrected chi connectivity index (χ0v) is 26.6. The van der Waals surface area contributed by atoms with Crippen LogP contribution in [-0.2, 0) is 14.4 Å². The summed E-state index contributed by atoms with van der Waals surface area (Å²) in [6, 6.07) is 0. The highest BCUT2D eigenvalue weighted by atomic mass is 16.4. The molecule has 0 radical (unpaired) electrons. The maximum atomic E-state index is 10.2. The van der Waals surface area contributed by atoms with E-state index in [1.165, 1.54) is 0 Å². The predicted octanol–water partition coefficient (Wildman–Crippen LogP) is 6.22. The summed E-state index contributed by atoms with van der Waals surface area (Å²) in [5.74, 6) is -2.08. The van der Waals surface area contributed by atoms with Crippen molar-refractivity contribution in [2.45, 2.75) is 133 Å². The van der Waals surface area contributed by atoms with E-state index >= 15 is 0 Å². The van der Waals surface area contributed by atoms with Crippen molar-refractivity contribution >= 4 is 17.9 Å². The third-order valence-corrected chi connectivity index (χ3v) is 7.67. The van der Waals surface area contributed by atoms with Crippen molar-refractivity contribution in [3.63, 3.8) is 0 Å². The molecule has 0 aromatic rings. The highest BCUT2D eigenvalue weighted by Crippen LogP contribution is 2.27. The monoisotopic (exact) mass is 566 g/mol. The van der Waals surface area contributed by atoms with E-state index in [1.54, 1.807) is 0 Å². The minimum Gasteiger partial charge on any atom is -0.481 e. The average molecular weight is 567 g/mol. The SMILES string of the molecule is CCC(C)(C)CCC(=O)O.CCC(C)(C)CCC(=O)O.CCC(C)(C)CCC(=O)O.CCC(CO)(CO)CO. The Kier molecular flexibility index (Phi) is 26.2. The normalized spacial score (nSPS) is 11.6. The minimum atomic E-state index is -0.693. The third kappa shape index (κ3) is 30.7. The molecule has 0 aliphatic heterocycles. The molecule has 0 fully saturated rings. The standard InChI is InChI=1S/3C8H16O2.C6H14O3/c3*1-4-8(2,3)6-5-7(9)10;1-2-6(3-7,4-8)5-9/h3*4-6H2,1-3H3,(H,9,10);7-9H,2-5H2,1H3. The number of hydrogen-bond acceptors (Lipinski definition) is 6. The Hall–Kier alpha value is -1.71. The van der Waals surface area contributed by atoms with Crippen LogP contribution in [0.2, 0.25) is 0 Å². The number of hydrogen-bond donors (Lipinski definition) is 6. The van der Waals surface area contributed by atoms with Gasteiger partial charge < -0.3 is 30.6 Å². The van der Waals surface area contributed by atoms with Gasteiger partial charge in [-0.25, -0.2) is 0 Å². The molecule has 6 N–H and O–H groups in total. The van der Waals surface area contributed by atoms with Crippen molar-refractivity contribution in [1.29, 1.82) is 0 Å². The summed E-state index contributed by atoms with van der Waals surface area (Å²) in [4.78, 5) is 30.5. The van der Waals surface area contributed by atoms with Crippen LogP contribution in [-0.4, -0.2) is 68.4 Å². The number of aliphatic hydroxyl groups is 3. The zero-order chi connectivity index (χ0) is 31.9. The topological polar surface area (TPSA) is 173 Å². The Bertz CT molecular complexity index is 548. The van der Waals surface area contributed by atoms with Crippen LogP contribution < -0.4 is 0 Å². The van der Waals surface area contributed by atoms with Gasteiger partial charge in [0, 0.05) is 24.7 Å². The maximum Gasteiger partial charge on any atom is 0.303 e. The number of aliphatic hydroxyl groups excluding tert-OH is 3. The fourth-order valence-electron chi connectivity index (χ4n) is 2.35. The second kappa shape index (κ2) is 23.0. The first-order valence-corrected chi connectivity index (χ1v) is 14.2. The largest absolute Gasteiger partial charge is 0.481 e. The maximum absolute atomic E-state index is 10.2. The van der Waals surface area contributed by atoms with Crippen molar-refractivity contribution in [2.75, 3.05) is 19.8 Å². The van der Waals surface area contributed by atoms with Crippen molar-refractivity contribution < 1.29 is 45.0 Å². The molecule has 0 aromatic heterocycles. The van der Waals surface area contributed by atoms with Crippen LogP contribution in [0.4, 0.5) is 0 Å². The van der Waals surface area contributed by atoms with Gasteiger partial charge in [-0.15, -0.1) is 0 Å². The van der Waals surface area contributed by atoms with E-state index in [9.17, 15) is 14.4 Å². The van der Waals surface area contributed by atoms with Gasteiger partial charge in [-0.1, -0.05) is 88.5 Å². The average Bonchev–Trinajstić information content (AvgIpc) is 2.88. The van der Waals surface area contributed by atoms with Crippen LogP contribution in [0.5, 0.6) is 0 Å². The summed E-state index contributed by atoms with van der Waals surface area (Å²) in [5.41, 5.74) is -0.0881. The summed E-state index contributed by atoms with van der Waals surface area (Å²) in [6.07, 6.45) is 6.93. The van der Waals surface area contributed by atoms with Crippen LogP contribution in [0.3, 0.4) is 0 Å². The first-order valence-electron chi connectivity index (χ1n) is 14.2. The van der Waals surface area contributed by atoms with Crippen LogP contribution in [0, 0.1) is 21.7 Å². The van der Waals surface area contributed by atoms with E-state index in [0.717, 1.165) is 38.5 Å². The molecule has 0 aliphatic rings. The Morgan fingerprint density at radius 2 is 0.667 bits per heavy atom. The number of carboxylic acids is 3. The number of rotatable bonds is 16. The smallest absolute Gasteiger partial charge is 0.303 e. The third-order valence-electron chi connectivity index (χ3n) is 7.67. The Morgan fingerprint density at radius 1 is 0.462 bits per heavy atom. The predicted molar refractivity (Wildman–Crippen MR) is 157 cm³/mol. The highest BCUT2D eigenvalue weighted by Gasteiger charge is 2.25. The van der Waals surface area contributed by atoms with E-state index in [-0.39, 0.29) is 36.1 Å². The molecule has 236 valence electrons. The molecule has 39 heavy (non-hydrogen) atoms. The minimum absolute atomic E-state index is 0.156. The summed E-state index contributed by atoms with van der Waals surface area (Å²) < 4.78 is 0. The van der Waals surface area contributed by atoms with Gasteiger partial charge in [-0.2, -0.15) is 0 Å². The lowest BCUT2D eigenvalue weighted by atomic mass is 9.85. The second-order valence-corrected chi connectivity index (χ2v) is 12.6. The summed E-state index contributed by atoms with van der Waals surface area (Å²) >= 11 is 0. The Labute approximate surface area is 238 Å². The molecule has 0 amide bonds. The molecule has 0 saturated carbocycles. The molecule has 0 atom stereocenters. The molecule has 9 heteroatoms. The van der Waals surface area contributed by atoms with E-state index in [4.69, 9.17) is 30.6 Å². The second-order valence-electron chi connectivity index (χ2n) is 12.6. The zero-order valence-electron chi connectivity index (χ0n) is 26.6. The molecule has 0 bridgehead atoms. The van der Waals surface area contributed by atoms with E-state index in [1.807, 2.05) is 6.92 Å². The molecule has 0 heterocycles. The molecule has 0 saturated heterocycles. The molecular weight excluding hydrogens is 504 g/mol. The van der Waals surface area contributed by atoms with Gasteiger partial charge >= 0.3 is 17.9 Å². The van der Waals surface area contributed by atoms with Gasteiger partial charge in [-0.3, -0.25) is 14.4 Å². The van der Waals surface area contributed by atoms with Gasteiger partial charge in [0.15, 0.2) is 0 Å². The summed E-state index contributed by atoms with van der Waals surface area (Å²) in [7, 11) is 0. The number of carboxylic acid groups (broad SMARTS) is 3. The molecule has 0 unspecified atom stereocenters. The van der Waals surface area contributed by atoms with Gasteiger partial charge in [0.05, 0.1) is 19.8 Å². The lowest BCUT2D eigenvalue weighted by Crippen LogP contribution is -2.32. The summed E-state index contributed by atoms with van der Waals surface area (Å²) in [6.45, 7) is 20.2. The quantitative estimate of drug-likeness (QED) is 0.127. The van der Waals surface area contributed by atoms with Crippen LogP contribution in [0.25, 0.3) is 0 Å². The molecule has 0 spiro atoms. The van der Waals surface area contributed by atoms with E-state index < -0.39 is 23.3 Å². The Balaban J connectivity index is -0.000000210. The van der Waals surface area contributed by atoms with Gasteiger partial charge in [0.2, 0.25) is 0 Å². The van der Waals surface area contributed by atoms with Gasteiger partial charge in [0.25, 0.3) is 0 Å². The fourth-order valence-corrected chi connectivity index (χ4v) is 2.35. The van der Waals surface area contributed by atoms with Crippen molar-refractivity contribution in [1.82, 2.24) is 0 Å². The lowest BCUT2D eigenvalue weighted by molar-refractivity contribution is -0.138. The number of aliphatic carboxylic acids is 3. The van der Waals surface area contributed by atoms with Gasteiger partial charge in [-0.05, 0) is 41.9 Å². The van der Waals surface area contributed by atoms with E-state index in [2.05, 4.69) is 62.3 Å². The van der Waals surface area contributed by atoms with Gasteiger partial charge in [0.1, 0.15) is 0 Å². The number of carbonyl (C=O) groups is 3. The highest BCUT2D eigenvalue weighted by molar-refractivity contribution is 5.67.